The number of nitrogens with zero attached hydrogens (tertiary/aromatic N) is 4. The molecule has 2 aromatic heterocycles. The smallest absolute Gasteiger partial charge is 0.297 e. The molecular weight excluding hydrogens is 561 g/mol. The monoisotopic (exact) mass is 578 g/mol. The van der Waals surface area contributed by atoms with Crippen LogP contribution in [0.5, 0.6) is 0 Å². The summed E-state index contributed by atoms with van der Waals surface area (Å²) < 4.78 is 37.0. The van der Waals surface area contributed by atoms with E-state index in [0.717, 1.165) is 36.2 Å². The number of aromatic nitrogens is 2. The van der Waals surface area contributed by atoms with Crippen molar-refractivity contribution in [1.82, 2.24) is 4.98 Å². The van der Waals surface area contributed by atoms with Crippen molar-refractivity contribution in [3.8, 4) is 0 Å². The third-order valence-corrected chi connectivity index (χ3v) is 8.88. The van der Waals surface area contributed by atoms with Gasteiger partial charge in [-0.05, 0) is 30.3 Å². The molecule has 4 aromatic rings. The molecule has 0 amide bonds. The minimum absolute atomic E-state index is 0.119. The number of hydrogen-bond acceptors (Lipinski definition) is 13. The second kappa shape index (κ2) is 12.5. The van der Waals surface area contributed by atoms with E-state index in [4.69, 9.17) is 0 Å². The molecular formula is C18H18N4O8S5. The summed E-state index contributed by atoms with van der Waals surface area (Å²) in [5.74, 6) is 0. The number of hydrogen-bond donors (Lipinski definition) is 0. The van der Waals surface area contributed by atoms with E-state index < -0.39 is 15.3 Å². The number of fused-ring (bicyclic) bond motifs is 2. The van der Waals surface area contributed by atoms with Gasteiger partial charge in [-0.1, -0.05) is 23.1 Å². The maximum absolute atomic E-state index is 10.6. The van der Waals surface area contributed by atoms with Crippen molar-refractivity contribution >= 4 is 88.4 Å². The zero-order chi connectivity index (χ0) is 26.3. The van der Waals surface area contributed by atoms with Crippen LogP contribution < -0.4 is 4.57 Å². The first-order valence-corrected chi connectivity index (χ1v) is 14.5. The van der Waals surface area contributed by atoms with E-state index in [-0.39, 0.29) is 16.3 Å². The number of rotatable bonds is 5. The Morgan fingerprint density at radius 2 is 1.51 bits per heavy atom. The Morgan fingerprint density at radius 1 is 0.971 bits per heavy atom. The third-order valence-electron chi connectivity index (χ3n) is 4.10. The summed E-state index contributed by atoms with van der Waals surface area (Å²) in [4.78, 5) is 24.6. The molecule has 0 fully saturated rings. The number of nitro benzene ring substituents is 2. The van der Waals surface area contributed by atoms with Gasteiger partial charge in [0.05, 0.1) is 27.2 Å². The van der Waals surface area contributed by atoms with Crippen molar-refractivity contribution in [1.29, 1.82) is 0 Å². The van der Waals surface area contributed by atoms with Crippen LogP contribution in [0.15, 0.2) is 45.1 Å². The van der Waals surface area contributed by atoms with E-state index in [9.17, 15) is 33.2 Å². The fraction of sp³-hybridized carbons (Fsp3) is 0.222. The maximum Gasteiger partial charge on any atom is 0.297 e. The van der Waals surface area contributed by atoms with E-state index in [1.54, 1.807) is 65.2 Å². The van der Waals surface area contributed by atoms with Crippen LogP contribution in [0.1, 0.15) is 0 Å². The molecule has 0 radical (unpaired) electrons. The maximum atomic E-state index is 10.6. The van der Waals surface area contributed by atoms with Gasteiger partial charge in [-0.2, -0.15) is 4.57 Å². The lowest BCUT2D eigenvalue weighted by Gasteiger charge is -1.98. The Labute approximate surface area is 216 Å². The van der Waals surface area contributed by atoms with Gasteiger partial charge in [-0.15, -0.1) is 11.3 Å². The lowest BCUT2D eigenvalue weighted by Crippen LogP contribution is -2.27. The Kier molecular flexibility index (Phi) is 10.3. The number of nitro groups is 2. The summed E-state index contributed by atoms with van der Waals surface area (Å²) in [7, 11) is -1.64. The Hall–Kier alpha value is -2.41. The molecule has 12 nitrogen and oxygen atoms in total. The highest BCUT2D eigenvalue weighted by Gasteiger charge is 2.18. The SMILES string of the molecule is COS(=O)(=O)[O-].CSc1nc2ccc([N+](=O)[O-])cc2s1.CSc1sc2cc([N+](=O)[O-])ccc2[n+]1C. The molecule has 0 aliphatic heterocycles. The molecule has 0 atom stereocenters. The zero-order valence-corrected chi connectivity index (χ0v) is 22.6. The van der Waals surface area contributed by atoms with Crippen LogP contribution in [0.25, 0.3) is 20.4 Å². The minimum Gasteiger partial charge on any atom is -0.726 e. The molecule has 0 saturated heterocycles. The van der Waals surface area contributed by atoms with Crippen LogP contribution in [0.2, 0.25) is 0 Å². The van der Waals surface area contributed by atoms with Gasteiger partial charge in [-0.25, -0.2) is 13.4 Å². The van der Waals surface area contributed by atoms with Crippen LogP contribution in [0, 0.1) is 20.2 Å². The molecule has 0 bridgehead atoms. The first kappa shape index (κ1) is 28.8. The summed E-state index contributed by atoms with van der Waals surface area (Å²) in [6, 6.07) is 9.69. The van der Waals surface area contributed by atoms with Crippen molar-refractivity contribution in [2.45, 2.75) is 8.68 Å². The Balaban J connectivity index is 0.000000202. The summed E-state index contributed by atoms with van der Waals surface area (Å²) in [5, 5.41) is 21.1. The van der Waals surface area contributed by atoms with Crippen molar-refractivity contribution in [3.05, 3.63) is 56.6 Å². The van der Waals surface area contributed by atoms with Gasteiger partial charge >= 0.3 is 0 Å². The highest BCUT2D eigenvalue weighted by Crippen LogP contribution is 2.30. The molecule has 35 heavy (non-hydrogen) atoms. The minimum atomic E-state index is -4.41. The quantitative estimate of drug-likeness (QED) is 0.0822. The Morgan fingerprint density at radius 3 is 2.00 bits per heavy atom. The predicted molar refractivity (Wildman–Crippen MR) is 136 cm³/mol. The highest BCUT2D eigenvalue weighted by molar-refractivity contribution is 8.00. The molecule has 0 unspecified atom stereocenters. The molecule has 17 heteroatoms. The number of thioether (sulfide) groups is 2. The number of benzene rings is 2. The largest absolute Gasteiger partial charge is 0.726 e. The lowest BCUT2D eigenvalue weighted by molar-refractivity contribution is -0.676. The molecule has 188 valence electrons. The van der Waals surface area contributed by atoms with Crippen molar-refractivity contribution in [2.24, 2.45) is 7.05 Å². The van der Waals surface area contributed by atoms with Gasteiger partial charge in [-0.3, -0.25) is 24.4 Å². The van der Waals surface area contributed by atoms with Crippen LogP contribution in [-0.4, -0.2) is 47.4 Å². The van der Waals surface area contributed by atoms with Crippen molar-refractivity contribution < 1.29 is 31.6 Å². The average molecular weight is 579 g/mol. The van der Waals surface area contributed by atoms with Crippen molar-refractivity contribution in [3.63, 3.8) is 0 Å². The second-order valence-electron chi connectivity index (χ2n) is 6.21. The highest BCUT2D eigenvalue weighted by atomic mass is 32.3. The van der Waals surface area contributed by atoms with Gasteiger partial charge in [0.1, 0.15) is 11.7 Å². The van der Waals surface area contributed by atoms with Crippen molar-refractivity contribution in [2.75, 3.05) is 19.6 Å². The summed E-state index contributed by atoms with van der Waals surface area (Å²) >= 11 is 6.25. The normalized spacial score (nSPS) is 10.9. The van der Waals surface area contributed by atoms with Crippen LogP contribution in [0.4, 0.5) is 11.4 Å². The number of aryl methyl sites for hydroxylation is 1. The van der Waals surface area contributed by atoms with E-state index in [2.05, 4.69) is 9.17 Å². The van der Waals surface area contributed by atoms with Gasteiger partial charge in [0, 0.05) is 30.3 Å². The second-order valence-corrected chi connectivity index (χ2v) is 11.5. The molecule has 0 aliphatic rings. The number of thiazole rings is 2. The Bertz CT molecular complexity index is 1470. The standard InChI is InChI=1S/C9H9N2O2S2.C8H6N2O2S2.CH4O4S/c1-10-7-4-3-6(11(12)13)5-8(7)15-9(10)14-2;1-13-8-9-6-3-2-5(10(11)12)4-7(6)14-8;1-5-6(2,3)4/h3-5H,1-2H3;2-4H,1H3;1H3,(H,2,3,4)/q+1;;/p-1. The molecule has 0 saturated carbocycles. The third kappa shape index (κ3) is 8.06. The zero-order valence-electron chi connectivity index (χ0n) is 18.6. The topological polar surface area (TPSA) is 169 Å². The van der Waals surface area contributed by atoms with E-state index in [1.165, 1.54) is 17.4 Å². The van der Waals surface area contributed by atoms with Gasteiger partial charge in [0.25, 0.3) is 15.7 Å². The molecule has 0 spiro atoms. The molecule has 2 aromatic carbocycles. The van der Waals surface area contributed by atoms with Gasteiger partial charge in [0.2, 0.25) is 15.9 Å². The average Bonchev–Trinajstić information content (AvgIpc) is 3.38. The fourth-order valence-corrected chi connectivity index (χ4v) is 5.92. The van der Waals surface area contributed by atoms with Crippen LogP contribution in [0.3, 0.4) is 0 Å². The predicted octanol–water partition coefficient (Wildman–Crippen LogP) is 4.38. The summed E-state index contributed by atoms with van der Waals surface area (Å²) in [6.45, 7) is 0. The van der Waals surface area contributed by atoms with E-state index >= 15 is 0 Å². The first-order chi connectivity index (χ1) is 16.4. The summed E-state index contributed by atoms with van der Waals surface area (Å²) in [6.07, 6.45) is 3.94. The lowest BCUT2D eigenvalue weighted by atomic mass is 10.3. The van der Waals surface area contributed by atoms with E-state index in [1.807, 2.05) is 24.1 Å². The number of non-ortho nitro benzene ring substituents is 2. The van der Waals surface area contributed by atoms with Gasteiger partial charge in [0.15, 0.2) is 4.34 Å². The molecule has 0 N–H and O–H groups in total. The fourth-order valence-electron chi connectivity index (χ4n) is 2.51. The van der Waals surface area contributed by atoms with Crippen LogP contribution in [-0.2, 0) is 21.6 Å². The van der Waals surface area contributed by atoms with Crippen LogP contribution >= 0.6 is 46.2 Å². The van der Waals surface area contributed by atoms with E-state index in [0.29, 0.717) is 0 Å². The first-order valence-electron chi connectivity index (χ1n) is 9.11. The van der Waals surface area contributed by atoms with Gasteiger partial charge < -0.3 is 4.55 Å². The molecule has 0 aliphatic carbocycles. The summed E-state index contributed by atoms with van der Waals surface area (Å²) in [5.41, 5.74) is 2.13. The molecule has 4 rings (SSSR count). The molecule has 2 heterocycles.